The number of halogens is 2. The van der Waals surface area contributed by atoms with Gasteiger partial charge >= 0.3 is 0 Å². The maximum Gasteiger partial charge on any atom is 0.270 e. The second kappa shape index (κ2) is 13.5. The maximum absolute atomic E-state index is 13.4. The van der Waals surface area contributed by atoms with E-state index in [4.69, 9.17) is 21.4 Å². The molecule has 3 aromatic rings. The third-order valence-electron chi connectivity index (χ3n) is 9.00. The number of sulfonamides is 1. The number of rotatable bonds is 7. The molecule has 3 heterocycles. The number of non-ortho nitro benzene ring substituents is 1. The molecule has 1 aromatic carbocycles. The molecule has 1 saturated heterocycles. The van der Waals surface area contributed by atoms with E-state index in [2.05, 4.69) is 14.5 Å². The summed E-state index contributed by atoms with van der Waals surface area (Å²) in [6, 6.07) is 5.92. The van der Waals surface area contributed by atoms with Crippen LogP contribution < -0.4 is 16.4 Å². The Bertz CT molecular complexity index is 1530. The molecule has 2 aliphatic carbocycles. The van der Waals surface area contributed by atoms with E-state index in [0.717, 1.165) is 50.2 Å². The van der Waals surface area contributed by atoms with E-state index in [1.54, 1.807) is 0 Å². The predicted molar refractivity (Wildman–Crippen MR) is 169 cm³/mol. The number of anilines is 2. The largest absolute Gasteiger partial charge is 0.382 e. The third-order valence-corrected chi connectivity index (χ3v) is 10.9. The number of nitro benzene ring substituents is 1. The molecule has 43 heavy (non-hydrogen) atoms. The Hall–Kier alpha value is -2.78. The van der Waals surface area contributed by atoms with Crippen LogP contribution in [0.25, 0.3) is 11.2 Å². The molecular weight excluding hydrogens is 617 g/mol. The van der Waals surface area contributed by atoms with Gasteiger partial charge in [0.15, 0.2) is 11.5 Å². The van der Waals surface area contributed by atoms with E-state index in [1.165, 1.54) is 35.3 Å². The fraction of sp³-hybridized carbons (Fsp3) is 0.593. The Kier molecular flexibility index (Phi) is 10.4. The number of benzene rings is 1. The highest BCUT2D eigenvalue weighted by molar-refractivity contribution is 7.89. The minimum atomic E-state index is -3.88. The van der Waals surface area contributed by atoms with Crippen LogP contribution in [-0.2, 0) is 10.0 Å². The Morgan fingerprint density at radius 1 is 0.953 bits per heavy atom. The van der Waals surface area contributed by atoms with Crippen LogP contribution in [0.4, 0.5) is 17.5 Å². The van der Waals surface area contributed by atoms with Crippen molar-refractivity contribution in [3.05, 3.63) is 40.7 Å². The zero-order chi connectivity index (χ0) is 28.7. The molecule has 0 unspecified atom stereocenters. The number of fused-ring (bicyclic) bond motifs is 1. The number of nitrogens with two attached hydrogens (primary N) is 2. The van der Waals surface area contributed by atoms with E-state index >= 15 is 0 Å². The first-order valence-corrected chi connectivity index (χ1v) is 15.9. The van der Waals surface area contributed by atoms with E-state index in [-0.39, 0.29) is 66.6 Å². The zero-order valence-corrected chi connectivity index (χ0v) is 26.3. The van der Waals surface area contributed by atoms with Gasteiger partial charge in [0.25, 0.3) is 5.69 Å². The molecule has 16 heteroatoms. The monoisotopic (exact) mass is 655 g/mol. The van der Waals surface area contributed by atoms with Crippen molar-refractivity contribution in [3.63, 3.8) is 0 Å². The van der Waals surface area contributed by atoms with Gasteiger partial charge < -0.3 is 20.9 Å². The van der Waals surface area contributed by atoms with Crippen molar-refractivity contribution < 1.29 is 13.3 Å². The van der Waals surface area contributed by atoms with Crippen molar-refractivity contribution in [1.82, 2.24) is 23.8 Å². The SMILES string of the molecule is Cl.Cl.Nc1nc(N(C2CCN(S(=O)(=O)c3cccc([N+](=O)[O-])c3)CC2)[C@H]2CC[C@H](N)CC2)nc2c1ncn2C1CCCC1. The van der Waals surface area contributed by atoms with Crippen molar-refractivity contribution in [1.29, 1.82) is 0 Å². The summed E-state index contributed by atoms with van der Waals surface area (Å²) in [5.74, 6) is 0.917. The number of hydrogen-bond acceptors (Lipinski definition) is 10. The van der Waals surface area contributed by atoms with Gasteiger partial charge in [0.05, 0.1) is 16.1 Å². The Labute approximate surface area is 263 Å². The molecule has 2 aromatic heterocycles. The summed E-state index contributed by atoms with van der Waals surface area (Å²) in [6.07, 6.45) is 11.1. The predicted octanol–water partition coefficient (Wildman–Crippen LogP) is 4.21. The lowest BCUT2D eigenvalue weighted by Gasteiger charge is -2.44. The lowest BCUT2D eigenvalue weighted by Crippen LogP contribution is -2.52. The van der Waals surface area contributed by atoms with Gasteiger partial charge in [-0.2, -0.15) is 14.3 Å². The van der Waals surface area contributed by atoms with E-state index in [1.807, 2.05) is 6.33 Å². The van der Waals surface area contributed by atoms with Crippen molar-refractivity contribution in [2.45, 2.75) is 93.3 Å². The number of nitrogens with zero attached hydrogens (tertiary/aromatic N) is 7. The van der Waals surface area contributed by atoms with Crippen LogP contribution in [0.3, 0.4) is 0 Å². The van der Waals surface area contributed by atoms with Crippen molar-refractivity contribution >= 4 is 63.5 Å². The average molecular weight is 657 g/mol. The number of nitro groups is 1. The first-order valence-electron chi connectivity index (χ1n) is 14.5. The molecule has 3 aliphatic rings. The van der Waals surface area contributed by atoms with Crippen LogP contribution in [0.5, 0.6) is 0 Å². The Morgan fingerprint density at radius 3 is 2.26 bits per heavy atom. The van der Waals surface area contributed by atoms with Crippen molar-refractivity contribution in [3.8, 4) is 0 Å². The molecule has 4 N–H and O–H groups in total. The van der Waals surface area contributed by atoms with E-state index in [9.17, 15) is 18.5 Å². The summed E-state index contributed by atoms with van der Waals surface area (Å²) < 4.78 is 30.4. The molecule has 1 aliphatic heterocycles. The van der Waals surface area contributed by atoms with Crippen LogP contribution in [0.1, 0.15) is 70.3 Å². The van der Waals surface area contributed by atoms with Crippen LogP contribution in [0.15, 0.2) is 35.5 Å². The second-order valence-corrected chi connectivity index (χ2v) is 13.5. The number of piperidine rings is 1. The highest BCUT2D eigenvalue weighted by Gasteiger charge is 2.37. The molecular formula is C27H39Cl2N9O4S. The first kappa shape index (κ1) is 33.1. The standard InChI is InChI=1S/C27H37N9O4S.2ClH/c28-18-8-10-20(11-9-18)35(27-31-25(29)24-26(32-27)34(17-30-24)19-4-1-2-5-19)21-12-14-33(15-13-21)41(39,40)23-7-3-6-22(16-23)36(37)38;;/h3,6-7,16-21H,1-2,4-5,8-15,28H2,(H2,29,31,32);2*1H/t18-,20-;;. The fourth-order valence-corrected chi connectivity index (χ4v) is 8.27. The minimum Gasteiger partial charge on any atom is -0.382 e. The molecule has 236 valence electrons. The summed E-state index contributed by atoms with van der Waals surface area (Å²) >= 11 is 0. The summed E-state index contributed by atoms with van der Waals surface area (Å²) in [4.78, 5) is 27.2. The van der Waals surface area contributed by atoms with Gasteiger partial charge in [0.1, 0.15) is 5.52 Å². The second-order valence-electron chi connectivity index (χ2n) is 11.5. The highest BCUT2D eigenvalue weighted by Crippen LogP contribution is 2.36. The molecule has 0 atom stereocenters. The van der Waals surface area contributed by atoms with Gasteiger partial charge in [0.2, 0.25) is 16.0 Å². The fourth-order valence-electron chi connectivity index (χ4n) is 6.76. The molecule has 2 saturated carbocycles. The molecule has 3 fully saturated rings. The van der Waals surface area contributed by atoms with Gasteiger partial charge in [-0.3, -0.25) is 10.1 Å². The summed E-state index contributed by atoms with van der Waals surface area (Å²) in [6.45, 7) is 0.576. The molecule has 6 rings (SSSR count). The number of imidazole rings is 1. The van der Waals surface area contributed by atoms with Crippen LogP contribution in [0, 0.1) is 10.1 Å². The Morgan fingerprint density at radius 2 is 1.60 bits per heavy atom. The number of aromatic nitrogens is 4. The summed E-state index contributed by atoms with van der Waals surface area (Å²) in [7, 11) is -3.88. The van der Waals surface area contributed by atoms with Crippen LogP contribution >= 0.6 is 24.8 Å². The summed E-state index contributed by atoms with van der Waals surface area (Å²) in [5.41, 5.74) is 13.8. The quantitative estimate of drug-likeness (QED) is 0.276. The number of nitrogen functional groups attached to an aromatic ring is 1. The van der Waals surface area contributed by atoms with E-state index < -0.39 is 14.9 Å². The van der Waals surface area contributed by atoms with Crippen molar-refractivity contribution in [2.75, 3.05) is 23.7 Å². The minimum absolute atomic E-state index is 0. The number of hydrogen-bond donors (Lipinski definition) is 2. The average Bonchev–Trinajstić information content (AvgIpc) is 3.65. The van der Waals surface area contributed by atoms with Gasteiger partial charge in [0, 0.05) is 49.4 Å². The third kappa shape index (κ3) is 6.53. The normalized spacial score (nSPS) is 22.2. The van der Waals surface area contributed by atoms with Gasteiger partial charge in [-0.05, 0) is 57.4 Å². The Balaban J connectivity index is 0.00000212. The molecule has 13 nitrogen and oxygen atoms in total. The van der Waals surface area contributed by atoms with E-state index in [0.29, 0.717) is 36.2 Å². The van der Waals surface area contributed by atoms with Crippen LogP contribution in [0.2, 0.25) is 0 Å². The molecule has 0 amide bonds. The lowest BCUT2D eigenvalue weighted by atomic mass is 9.89. The summed E-state index contributed by atoms with van der Waals surface area (Å²) in [5, 5.41) is 11.2. The smallest absolute Gasteiger partial charge is 0.270 e. The highest BCUT2D eigenvalue weighted by atomic mass is 35.5. The molecule has 0 spiro atoms. The topological polar surface area (TPSA) is 179 Å². The molecule has 0 bridgehead atoms. The van der Waals surface area contributed by atoms with Gasteiger partial charge in [-0.25, -0.2) is 13.4 Å². The first-order chi connectivity index (χ1) is 19.7. The van der Waals surface area contributed by atoms with Crippen molar-refractivity contribution in [2.24, 2.45) is 5.73 Å². The molecule has 0 radical (unpaired) electrons. The van der Waals surface area contributed by atoms with Gasteiger partial charge in [-0.1, -0.05) is 18.9 Å². The van der Waals surface area contributed by atoms with Gasteiger partial charge in [-0.15, -0.1) is 24.8 Å². The maximum atomic E-state index is 13.4. The zero-order valence-electron chi connectivity index (χ0n) is 23.8. The van der Waals surface area contributed by atoms with Crippen LogP contribution in [-0.4, -0.2) is 68.4 Å². The lowest BCUT2D eigenvalue weighted by molar-refractivity contribution is -0.385.